The van der Waals surface area contributed by atoms with E-state index in [1.807, 2.05) is 24.3 Å². The molecule has 16 heavy (non-hydrogen) atoms. The highest BCUT2D eigenvalue weighted by atomic mass is 16.5. The molecule has 3 heteroatoms. The minimum absolute atomic E-state index is 0.0603. The van der Waals surface area contributed by atoms with Crippen molar-refractivity contribution in [2.75, 3.05) is 26.8 Å². The molecule has 0 spiro atoms. The Hall–Kier alpha value is -1.06. The minimum Gasteiger partial charge on any atom is -0.497 e. The first-order chi connectivity index (χ1) is 7.76. The molecule has 3 nitrogen and oxygen atoms in total. The van der Waals surface area contributed by atoms with Crippen LogP contribution in [0.3, 0.4) is 0 Å². The van der Waals surface area contributed by atoms with Gasteiger partial charge in [-0.3, -0.25) is 4.90 Å². The summed E-state index contributed by atoms with van der Waals surface area (Å²) in [7, 11) is 1.66. The summed E-state index contributed by atoms with van der Waals surface area (Å²) in [5.41, 5.74) is 1.10. The van der Waals surface area contributed by atoms with E-state index in [0.717, 1.165) is 24.4 Å². The number of likely N-dealkylation sites (N-methyl/N-ethyl adjacent to an activating group) is 1. The monoisotopic (exact) mass is 223 g/mol. The van der Waals surface area contributed by atoms with Gasteiger partial charge in [0.1, 0.15) is 5.75 Å². The molecule has 1 atom stereocenters. The van der Waals surface area contributed by atoms with Crippen molar-refractivity contribution in [3.05, 3.63) is 29.8 Å². The second kappa shape index (κ2) is 6.51. The molecule has 0 bridgehead atoms. The fourth-order valence-electron chi connectivity index (χ4n) is 1.94. The van der Waals surface area contributed by atoms with Crippen LogP contribution in [0.4, 0.5) is 0 Å². The normalized spacial score (nSPS) is 12.8. The molecule has 0 amide bonds. The van der Waals surface area contributed by atoms with Gasteiger partial charge in [-0.15, -0.1) is 0 Å². The van der Waals surface area contributed by atoms with Crippen LogP contribution in [0.5, 0.6) is 5.75 Å². The molecule has 0 heterocycles. The van der Waals surface area contributed by atoms with E-state index in [2.05, 4.69) is 18.7 Å². The molecule has 0 fully saturated rings. The molecule has 1 aromatic rings. The van der Waals surface area contributed by atoms with Gasteiger partial charge in [0.05, 0.1) is 19.8 Å². The summed E-state index contributed by atoms with van der Waals surface area (Å²) < 4.78 is 5.20. The molecule has 0 aliphatic rings. The highest BCUT2D eigenvalue weighted by Crippen LogP contribution is 2.23. The second-order valence-electron chi connectivity index (χ2n) is 3.70. The number of methoxy groups -OCH3 is 1. The standard InChI is InChI=1S/C13H21NO2/c1-4-14(5-2)13(10-15)11-7-6-8-12(9-11)16-3/h6-9,13,15H,4-5,10H2,1-3H3. The van der Waals surface area contributed by atoms with Crippen LogP contribution in [-0.2, 0) is 0 Å². The first-order valence-electron chi connectivity index (χ1n) is 5.75. The van der Waals surface area contributed by atoms with Crippen molar-refractivity contribution in [2.24, 2.45) is 0 Å². The number of hydrogen-bond donors (Lipinski definition) is 1. The molecular weight excluding hydrogens is 202 g/mol. The van der Waals surface area contributed by atoms with Crippen LogP contribution in [0.2, 0.25) is 0 Å². The maximum atomic E-state index is 9.49. The molecular formula is C13H21NO2. The van der Waals surface area contributed by atoms with Gasteiger partial charge in [-0.1, -0.05) is 26.0 Å². The predicted molar refractivity (Wildman–Crippen MR) is 65.7 cm³/mol. The number of rotatable bonds is 6. The van der Waals surface area contributed by atoms with Crippen molar-refractivity contribution in [3.8, 4) is 5.75 Å². The Morgan fingerprint density at radius 2 is 2.00 bits per heavy atom. The van der Waals surface area contributed by atoms with Gasteiger partial charge in [0.15, 0.2) is 0 Å². The van der Waals surface area contributed by atoms with Crippen molar-refractivity contribution in [2.45, 2.75) is 19.9 Å². The molecule has 0 aliphatic heterocycles. The summed E-state index contributed by atoms with van der Waals surface area (Å²) >= 11 is 0. The summed E-state index contributed by atoms with van der Waals surface area (Å²) in [4.78, 5) is 2.23. The third-order valence-corrected chi connectivity index (χ3v) is 2.90. The van der Waals surface area contributed by atoms with E-state index >= 15 is 0 Å². The van der Waals surface area contributed by atoms with Gasteiger partial charge < -0.3 is 9.84 Å². The predicted octanol–water partition coefficient (Wildman–Crippen LogP) is 2.07. The molecule has 1 unspecified atom stereocenters. The van der Waals surface area contributed by atoms with Gasteiger partial charge in [0, 0.05) is 0 Å². The van der Waals surface area contributed by atoms with Gasteiger partial charge >= 0.3 is 0 Å². The average molecular weight is 223 g/mol. The lowest BCUT2D eigenvalue weighted by Gasteiger charge is -2.28. The zero-order valence-electron chi connectivity index (χ0n) is 10.3. The first kappa shape index (κ1) is 13.0. The van der Waals surface area contributed by atoms with Gasteiger partial charge in [0.25, 0.3) is 0 Å². The molecule has 1 aromatic carbocycles. The van der Waals surface area contributed by atoms with E-state index in [9.17, 15) is 5.11 Å². The molecule has 0 aromatic heterocycles. The van der Waals surface area contributed by atoms with Crippen molar-refractivity contribution in [1.29, 1.82) is 0 Å². The van der Waals surface area contributed by atoms with Crippen LogP contribution >= 0.6 is 0 Å². The number of aliphatic hydroxyl groups is 1. The zero-order chi connectivity index (χ0) is 12.0. The summed E-state index contributed by atoms with van der Waals surface area (Å²) in [6.45, 7) is 6.20. The van der Waals surface area contributed by atoms with Gasteiger partial charge in [0.2, 0.25) is 0 Å². The zero-order valence-corrected chi connectivity index (χ0v) is 10.3. The van der Waals surface area contributed by atoms with E-state index in [-0.39, 0.29) is 12.6 Å². The Morgan fingerprint density at radius 1 is 1.31 bits per heavy atom. The van der Waals surface area contributed by atoms with E-state index in [0.29, 0.717) is 0 Å². The molecule has 0 aliphatic carbocycles. The topological polar surface area (TPSA) is 32.7 Å². The van der Waals surface area contributed by atoms with E-state index in [1.54, 1.807) is 7.11 Å². The van der Waals surface area contributed by atoms with Crippen LogP contribution in [0, 0.1) is 0 Å². The number of nitrogens with zero attached hydrogens (tertiary/aromatic N) is 1. The van der Waals surface area contributed by atoms with Gasteiger partial charge in [-0.05, 0) is 30.8 Å². The third-order valence-electron chi connectivity index (χ3n) is 2.90. The van der Waals surface area contributed by atoms with Gasteiger partial charge in [-0.2, -0.15) is 0 Å². The molecule has 1 rings (SSSR count). The van der Waals surface area contributed by atoms with Crippen LogP contribution in [0.15, 0.2) is 24.3 Å². The smallest absolute Gasteiger partial charge is 0.119 e. The van der Waals surface area contributed by atoms with E-state index < -0.39 is 0 Å². The Labute approximate surface area is 97.7 Å². The Morgan fingerprint density at radius 3 is 2.50 bits per heavy atom. The van der Waals surface area contributed by atoms with Crippen LogP contribution < -0.4 is 4.74 Å². The number of hydrogen-bond acceptors (Lipinski definition) is 3. The van der Waals surface area contributed by atoms with Crippen molar-refractivity contribution >= 4 is 0 Å². The average Bonchev–Trinajstić information content (AvgIpc) is 2.35. The molecule has 1 N–H and O–H groups in total. The van der Waals surface area contributed by atoms with E-state index in [1.165, 1.54) is 0 Å². The van der Waals surface area contributed by atoms with E-state index in [4.69, 9.17) is 4.74 Å². The second-order valence-corrected chi connectivity index (χ2v) is 3.70. The lowest BCUT2D eigenvalue weighted by atomic mass is 10.1. The molecule has 90 valence electrons. The number of benzene rings is 1. The highest BCUT2D eigenvalue weighted by molar-refractivity contribution is 5.30. The Balaban J connectivity index is 2.93. The molecule has 0 saturated heterocycles. The fourth-order valence-corrected chi connectivity index (χ4v) is 1.94. The largest absolute Gasteiger partial charge is 0.497 e. The molecule has 0 saturated carbocycles. The lowest BCUT2D eigenvalue weighted by Crippen LogP contribution is -2.30. The molecule has 0 radical (unpaired) electrons. The lowest BCUT2D eigenvalue weighted by molar-refractivity contribution is 0.133. The third kappa shape index (κ3) is 2.97. The van der Waals surface area contributed by atoms with Gasteiger partial charge in [-0.25, -0.2) is 0 Å². The summed E-state index contributed by atoms with van der Waals surface area (Å²) in [6.07, 6.45) is 0. The SMILES string of the molecule is CCN(CC)C(CO)c1cccc(OC)c1. The summed E-state index contributed by atoms with van der Waals surface area (Å²) in [5, 5.41) is 9.49. The Kier molecular flexibility index (Phi) is 5.29. The summed E-state index contributed by atoms with van der Waals surface area (Å²) in [6, 6.07) is 7.95. The van der Waals surface area contributed by atoms with Crippen molar-refractivity contribution in [1.82, 2.24) is 4.90 Å². The maximum Gasteiger partial charge on any atom is 0.119 e. The van der Waals surface area contributed by atoms with Crippen molar-refractivity contribution in [3.63, 3.8) is 0 Å². The summed E-state index contributed by atoms with van der Waals surface area (Å²) in [5.74, 6) is 0.836. The van der Waals surface area contributed by atoms with Crippen LogP contribution in [0.25, 0.3) is 0 Å². The quantitative estimate of drug-likeness (QED) is 0.801. The Bertz CT molecular complexity index is 311. The highest BCUT2D eigenvalue weighted by Gasteiger charge is 2.16. The van der Waals surface area contributed by atoms with Crippen LogP contribution in [-0.4, -0.2) is 36.8 Å². The van der Waals surface area contributed by atoms with Crippen molar-refractivity contribution < 1.29 is 9.84 Å². The van der Waals surface area contributed by atoms with Crippen LogP contribution in [0.1, 0.15) is 25.5 Å². The maximum absolute atomic E-state index is 9.49. The fraction of sp³-hybridized carbons (Fsp3) is 0.538. The minimum atomic E-state index is 0.0603. The number of ether oxygens (including phenoxy) is 1. The number of aliphatic hydroxyl groups excluding tert-OH is 1. The first-order valence-corrected chi connectivity index (χ1v) is 5.75.